The highest BCUT2D eigenvalue weighted by atomic mass is 28.2. The van der Waals surface area contributed by atoms with Crippen LogP contribution in [0.1, 0.15) is 32.6 Å². The van der Waals surface area contributed by atoms with Gasteiger partial charge in [-0.05, 0) is 32.6 Å². The van der Waals surface area contributed by atoms with Gasteiger partial charge in [0.15, 0.2) is 9.76 Å². The molecule has 0 aromatic heterocycles. The zero-order valence-corrected chi connectivity index (χ0v) is 10.6. The van der Waals surface area contributed by atoms with E-state index < -0.39 is 9.76 Å². The highest BCUT2D eigenvalue weighted by molar-refractivity contribution is 6.29. The van der Waals surface area contributed by atoms with Gasteiger partial charge >= 0.3 is 0 Å². The van der Waals surface area contributed by atoms with Gasteiger partial charge in [-0.3, -0.25) is 0 Å². The summed E-state index contributed by atoms with van der Waals surface area (Å²) >= 11 is 0. The van der Waals surface area contributed by atoms with Crippen molar-refractivity contribution in [1.29, 1.82) is 0 Å². The fourth-order valence-corrected chi connectivity index (χ4v) is 2.91. The molecule has 84 valence electrons. The molecule has 1 saturated heterocycles. The maximum Gasteiger partial charge on any atom is 0.190 e. The molecule has 1 fully saturated rings. The van der Waals surface area contributed by atoms with Gasteiger partial charge in [0, 0.05) is 26.4 Å². The van der Waals surface area contributed by atoms with Crippen molar-refractivity contribution >= 4 is 9.76 Å². The fraction of sp³-hybridized carbons (Fsp3) is 1.00. The smallest absolute Gasteiger partial charge is 0.190 e. The zero-order chi connectivity index (χ0) is 10.1. The quantitative estimate of drug-likeness (QED) is 0.472. The van der Waals surface area contributed by atoms with E-state index >= 15 is 0 Å². The van der Waals surface area contributed by atoms with Crippen LogP contribution in [0.5, 0.6) is 0 Å². The van der Waals surface area contributed by atoms with Crippen molar-refractivity contribution in [2.24, 2.45) is 0 Å². The van der Waals surface area contributed by atoms with Crippen LogP contribution in [0.25, 0.3) is 0 Å². The predicted octanol–water partition coefficient (Wildman–Crippen LogP) is 1.04. The van der Waals surface area contributed by atoms with Gasteiger partial charge in [-0.2, -0.15) is 0 Å². The molecule has 0 spiro atoms. The molecule has 0 N–H and O–H groups in total. The van der Waals surface area contributed by atoms with Crippen molar-refractivity contribution in [3.8, 4) is 0 Å². The van der Waals surface area contributed by atoms with Crippen molar-refractivity contribution in [3.05, 3.63) is 0 Å². The molecule has 1 unspecified atom stereocenters. The van der Waals surface area contributed by atoms with Crippen LogP contribution in [0.15, 0.2) is 0 Å². The summed E-state index contributed by atoms with van der Waals surface area (Å²) in [4.78, 5) is 0. The van der Waals surface area contributed by atoms with Gasteiger partial charge in [0.1, 0.15) is 0 Å². The summed E-state index contributed by atoms with van der Waals surface area (Å²) in [5.74, 6) is 0. The monoisotopic (exact) mass is 218 g/mol. The molecular formula is C10H22O3Si. The van der Waals surface area contributed by atoms with E-state index in [1.807, 2.05) is 6.92 Å². The summed E-state index contributed by atoms with van der Waals surface area (Å²) in [5.41, 5.74) is 0.482. The molecule has 0 aromatic carbocycles. The number of hydrogen-bond acceptors (Lipinski definition) is 3. The second-order valence-corrected chi connectivity index (χ2v) is 5.27. The molecule has 0 amide bonds. The van der Waals surface area contributed by atoms with Gasteiger partial charge in [0.25, 0.3) is 0 Å². The lowest BCUT2D eigenvalue weighted by Crippen LogP contribution is -2.27. The maximum absolute atomic E-state index is 5.65. The maximum atomic E-state index is 5.65. The lowest BCUT2D eigenvalue weighted by Gasteiger charge is -2.21. The van der Waals surface area contributed by atoms with E-state index in [4.69, 9.17) is 13.9 Å². The van der Waals surface area contributed by atoms with Crippen molar-refractivity contribution in [2.45, 2.75) is 38.3 Å². The first-order valence-corrected chi connectivity index (χ1v) is 7.10. The Labute approximate surface area is 89.1 Å². The van der Waals surface area contributed by atoms with Crippen LogP contribution in [0, 0.1) is 0 Å². The average Bonchev–Trinajstić information content (AvgIpc) is 2.25. The van der Waals surface area contributed by atoms with Crippen LogP contribution in [0.2, 0.25) is 0 Å². The average molecular weight is 218 g/mol. The molecule has 0 radical (unpaired) electrons. The van der Waals surface area contributed by atoms with Crippen LogP contribution in [0.4, 0.5) is 0 Å². The Bertz CT molecular complexity index is 127. The van der Waals surface area contributed by atoms with Gasteiger partial charge in [-0.15, -0.1) is 0 Å². The molecule has 0 aromatic rings. The Kier molecular flexibility index (Phi) is 7.31. The van der Waals surface area contributed by atoms with Crippen LogP contribution in [-0.4, -0.2) is 41.9 Å². The molecule has 0 bridgehead atoms. The summed E-state index contributed by atoms with van der Waals surface area (Å²) in [6.45, 7) is 5.46. The second-order valence-electron chi connectivity index (χ2n) is 3.61. The van der Waals surface area contributed by atoms with Crippen LogP contribution in [0.3, 0.4) is 0 Å². The van der Waals surface area contributed by atoms with Gasteiger partial charge < -0.3 is 13.9 Å². The Morgan fingerprint density at radius 2 is 2.29 bits per heavy atom. The van der Waals surface area contributed by atoms with E-state index in [1.54, 1.807) is 0 Å². The lowest BCUT2D eigenvalue weighted by molar-refractivity contribution is 0.0536. The topological polar surface area (TPSA) is 27.7 Å². The van der Waals surface area contributed by atoms with Crippen molar-refractivity contribution < 1.29 is 13.9 Å². The van der Waals surface area contributed by atoms with Gasteiger partial charge in [0.2, 0.25) is 0 Å². The summed E-state index contributed by atoms with van der Waals surface area (Å²) in [6.07, 6.45) is 4.79. The number of rotatable bonds is 7. The molecule has 1 aliphatic heterocycles. The molecular weight excluding hydrogens is 196 g/mol. The molecule has 1 heterocycles. The van der Waals surface area contributed by atoms with Crippen LogP contribution >= 0.6 is 0 Å². The first-order valence-electron chi connectivity index (χ1n) is 5.70. The highest BCUT2D eigenvalue weighted by Gasteiger charge is 2.14. The third-order valence-electron chi connectivity index (χ3n) is 2.36. The largest absolute Gasteiger partial charge is 0.421 e. The lowest BCUT2D eigenvalue weighted by atomic mass is 10.2. The third-order valence-corrected chi connectivity index (χ3v) is 3.90. The molecule has 1 rings (SSSR count). The first-order chi connectivity index (χ1) is 6.93. The Morgan fingerprint density at radius 3 is 3.00 bits per heavy atom. The second kappa shape index (κ2) is 8.41. The molecule has 3 nitrogen and oxygen atoms in total. The standard InChI is InChI=1S/C10H22O3Si/c1-2-11-7-5-9-13-14-10-6-3-4-8-12-10/h10H,2-9,14H2,1H3. The van der Waals surface area contributed by atoms with Crippen molar-refractivity contribution in [1.82, 2.24) is 0 Å². The minimum atomic E-state index is -0.447. The Morgan fingerprint density at radius 1 is 1.36 bits per heavy atom. The number of ether oxygens (including phenoxy) is 2. The van der Waals surface area contributed by atoms with Crippen LogP contribution < -0.4 is 0 Å². The number of hydrogen-bond donors (Lipinski definition) is 0. The molecule has 4 heteroatoms. The summed E-state index contributed by atoms with van der Waals surface area (Å²) in [5, 5.41) is 0. The van der Waals surface area contributed by atoms with E-state index in [2.05, 4.69) is 0 Å². The third kappa shape index (κ3) is 5.75. The summed E-state index contributed by atoms with van der Waals surface area (Å²) in [6, 6.07) is 0. The highest BCUT2D eigenvalue weighted by Crippen LogP contribution is 2.11. The molecule has 0 aliphatic carbocycles. The minimum Gasteiger partial charge on any atom is -0.421 e. The van der Waals surface area contributed by atoms with E-state index in [0.29, 0.717) is 5.73 Å². The zero-order valence-electron chi connectivity index (χ0n) is 9.17. The van der Waals surface area contributed by atoms with E-state index in [0.717, 1.165) is 32.8 Å². The minimum absolute atomic E-state index is 0.447. The molecule has 14 heavy (non-hydrogen) atoms. The molecule has 1 atom stereocenters. The summed E-state index contributed by atoms with van der Waals surface area (Å²) in [7, 11) is -0.447. The van der Waals surface area contributed by atoms with Crippen molar-refractivity contribution in [2.75, 3.05) is 26.4 Å². The van der Waals surface area contributed by atoms with Gasteiger partial charge in [0.05, 0.1) is 5.73 Å². The predicted molar refractivity (Wildman–Crippen MR) is 59.2 cm³/mol. The normalized spacial score (nSPS) is 23.4. The van der Waals surface area contributed by atoms with E-state index in [1.165, 1.54) is 19.3 Å². The Hall–Kier alpha value is 0.0969. The Balaban J connectivity index is 1.82. The van der Waals surface area contributed by atoms with Gasteiger partial charge in [-0.1, -0.05) is 0 Å². The molecule has 1 aliphatic rings. The molecule has 0 saturated carbocycles. The van der Waals surface area contributed by atoms with E-state index in [-0.39, 0.29) is 0 Å². The van der Waals surface area contributed by atoms with Gasteiger partial charge in [-0.25, -0.2) is 0 Å². The summed E-state index contributed by atoms with van der Waals surface area (Å²) < 4.78 is 16.5. The SMILES string of the molecule is CCOCCCO[SiH2]C1CCCCO1. The van der Waals surface area contributed by atoms with Crippen molar-refractivity contribution in [3.63, 3.8) is 0 Å². The van der Waals surface area contributed by atoms with E-state index in [9.17, 15) is 0 Å². The fourth-order valence-electron chi connectivity index (χ4n) is 1.56. The van der Waals surface area contributed by atoms with Crippen LogP contribution in [-0.2, 0) is 13.9 Å². The first kappa shape index (κ1) is 12.2.